The highest BCUT2D eigenvalue weighted by Gasteiger charge is 2.17. The lowest BCUT2D eigenvalue weighted by atomic mass is 10.2. The van der Waals surface area contributed by atoms with Gasteiger partial charge in [-0.1, -0.05) is 0 Å². The summed E-state index contributed by atoms with van der Waals surface area (Å²) in [5.41, 5.74) is 5.99. The number of carbonyl (C=O) groups is 2. The number of nitrogen functional groups attached to an aromatic ring is 1. The van der Waals surface area contributed by atoms with Gasteiger partial charge in [0.2, 0.25) is 5.91 Å². The second-order valence-corrected chi connectivity index (χ2v) is 3.25. The normalized spacial score (nSPS) is 11.6. The van der Waals surface area contributed by atoms with E-state index in [2.05, 4.69) is 15.6 Å². The number of nitrogens with two attached hydrogens (primary N) is 1. The first-order chi connectivity index (χ1) is 7.56. The third-order valence-electron chi connectivity index (χ3n) is 2.04. The molecule has 86 valence electrons. The second kappa shape index (κ2) is 5.11. The first-order valence-corrected chi connectivity index (χ1v) is 4.79. The van der Waals surface area contributed by atoms with Gasteiger partial charge in [-0.3, -0.25) is 9.59 Å². The fourth-order valence-corrected chi connectivity index (χ4v) is 1.15. The number of rotatable bonds is 3. The highest BCUT2D eigenvalue weighted by Crippen LogP contribution is 2.06. The summed E-state index contributed by atoms with van der Waals surface area (Å²) in [4.78, 5) is 26.7. The Balaban J connectivity index is 2.73. The van der Waals surface area contributed by atoms with E-state index in [4.69, 9.17) is 5.73 Å². The van der Waals surface area contributed by atoms with Gasteiger partial charge in [-0.15, -0.1) is 0 Å². The highest BCUT2D eigenvalue weighted by molar-refractivity contribution is 5.99. The molecule has 2 amide bonds. The standard InChI is InChI=1S/C10H14N4O2/c1-6(9(15)12-2)14-10(16)8-7(11)4-3-5-13-8/h3-6H,11H2,1-2H3,(H,12,15)(H,14,16). The molecular weight excluding hydrogens is 208 g/mol. The van der Waals surface area contributed by atoms with Crippen molar-refractivity contribution in [1.29, 1.82) is 0 Å². The first kappa shape index (κ1) is 12.0. The van der Waals surface area contributed by atoms with Crippen LogP contribution in [0.4, 0.5) is 5.69 Å². The molecule has 0 radical (unpaired) electrons. The van der Waals surface area contributed by atoms with E-state index >= 15 is 0 Å². The van der Waals surface area contributed by atoms with Crippen LogP contribution in [-0.2, 0) is 4.79 Å². The molecule has 1 heterocycles. The summed E-state index contributed by atoms with van der Waals surface area (Å²) in [6.07, 6.45) is 1.47. The van der Waals surface area contributed by atoms with Crippen molar-refractivity contribution >= 4 is 17.5 Å². The lowest BCUT2D eigenvalue weighted by Crippen LogP contribution is -2.43. The fraction of sp³-hybridized carbons (Fsp3) is 0.300. The SMILES string of the molecule is CNC(=O)C(C)NC(=O)c1ncccc1N. The van der Waals surface area contributed by atoms with Crippen LogP contribution in [0.15, 0.2) is 18.3 Å². The number of nitrogens with zero attached hydrogens (tertiary/aromatic N) is 1. The molecule has 1 aromatic heterocycles. The van der Waals surface area contributed by atoms with Gasteiger partial charge in [0.1, 0.15) is 6.04 Å². The van der Waals surface area contributed by atoms with E-state index in [9.17, 15) is 9.59 Å². The van der Waals surface area contributed by atoms with Crippen molar-refractivity contribution in [3.05, 3.63) is 24.0 Å². The molecule has 1 unspecified atom stereocenters. The second-order valence-electron chi connectivity index (χ2n) is 3.25. The van der Waals surface area contributed by atoms with Crippen molar-refractivity contribution in [1.82, 2.24) is 15.6 Å². The van der Waals surface area contributed by atoms with Gasteiger partial charge >= 0.3 is 0 Å². The number of likely N-dealkylation sites (N-methyl/N-ethyl adjacent to an activating group) is 1. The Hall–Kier alpha value is -2.11. The van der Waals surface area contributed by atoms with Gasteiger partial charge in [-0.25, -0.2) is 4.98 Å². The molecule has 0 aliphatic carbocycles. The summed E-state index contributed by atoms with van der Waals surface area (Å²) in [5.74, 6) is -0.739. The number of carbonyl (C=O) groups excluding carboxylic acids is 2. The Kier molecular flexibility index (Phi) is 3.82. The number of nitrogens with one attached hydrogen (secondary N) is 2. The van der Waals surface area contributed by atoms with Crippen LogP contribution in [-0.4, -0.2) is 29.9 Å². The average molecular weight is 222 g/mol. The summed E-state index contributed by atoms with van der Waals surface area (Å²) in [6.45, 7) is 1.58. The Labute approximate surface area is 93.2 Å². The molecule has 16 heavy (non-hydrogen) atoms. The number of anilines is 1. The molecular formula is C10H14N4O2. The fourth-order valence-electron chi connectivity index (χ4n) is 1.15. The van der Waals surface area contributed by atoms with Gasteiger partial charge < -0.3 is 16.4 Å². The predicted molar refractivity (Wildman–Crippen MR) is 59.6 cm³/mol. The molecule has 1 rings (SSSR count). The van der Waals surface area contributed by atoms with Gasteiger partial charge in [0, 0.05) is 13.2 Å². The van der Waals surface area contributed by atoms with E-state index in [1.807, 2.05) is 0 Å². The summed E-state index contributed by atoms with van der Waals surface area (Å²) >= 11 is 0. The van der Waals surface area contributed by atoms with Crippen molar-refractivity contribution in [2.45, 2.75) is 13.0 Å². The summed E-state index contributed by atoms with van der Waals surface area (Å²) in [7, 11) is 1.50. The summed E-state index contributed by atoms with van der Waals surface area (Å²) in [5, 5.41) is 4.93. The largest absolute Gasteiger partial charge is 0.397 e. The number of hydrogen-bond acceptors (Lipinski definition) is 4. The van der Waals surface area contributed by atoms with Crippen molar-refractivity contribution in [2.75, 3.05) is 12.8 Å². The predicted octanol–water partition coefficient (Wildman–Crippen LogP) is -0.472. The molecule has 0 spiro atoms. The zero-order valence-electron chi connectivity index (χ0n) is 9.15. The zero-order chi connectivity index (χ0) is 12.1. The average Bonchev–Trinajstić information content (AvgIpc) is 2.28. The molecule has 0 fully saturated rings. The summed E-state index contributed by atoms with van der Waals surface area (Å²) < 4.78 is 0. The van der Waals surface area contributed by atoms with Gasteiger partial charge in [-0.05, 0) is 19.1 Å². The van der Waals surface area contributed by atoms with E-state index in [1.54, 1.807) is 19.1 Å². The minimum absolute atomic E-state index is 0.123. The van der Waals surface area contributed by atoms with E-state index in [1.165, 1.54) is 13.2 Å². The van der Waals surface area contributed by atoms with Crippen LogP contribution < -0.4 is 16.4 Å². The van der Waals surface area contributed by atoms with Crippen molar-refractivity contribution in [2.24, 2.45) is 0 Å². The molecule has 4 N–H and O–H groups in total. The zero-order valence-corrected chi connectivity index (χ0v) is 9.15. The molecule has 0 saturated carbocycles. The lowest BCUT2D eigenvalue weighted by Gasteiger charge is -2.12. The number of amides is 2. The molecule has 0 aromatic carbocycles. The van der Waals surface area contributed by atoms with Crippen molar-refractivity contribution in [3.8, 4) is 0 Å². The Bertz CT molecular complexity index is 406. The third-order valence-corrected chi connectivity index (χ3v) is 2.04. The minimum Gasteiger partial charge on any atom is -0.397 e. The summed E-state index contributed by atoms with van der Waals surface area (Å²) in [6, 6.07) is 2.58. The molecule has 1 aromatic rings. The molecule has 1 atom stereocenters. The van der Waals surface area contributed by atoms with Gasteiger partial charge in [0.15, 0.2) is 5.69 Å². The van der Waals surface area contributed by atoms with Gasteiger partial charge in [0.25, 0.3) is 5.91 Å². The monoisotopic (exact) mass is 222 g/mol. The number of hydrogen-bond donors (Lipinski definition) is 3. The van der Waals surface area contributed by atoms with Gasteiger partial charge in [0.05, 0.1) is 5.69 Å². The molecule has 0 saturated heterocycles. The maximum absolute atomic E-state index is 11.7. The maximum Gasteiger partial charge on any atom is 0.272 e. The van der Waals surface area contributed by atoms with Crippen LogP contribution >= 0.6 is 0 Å². The molecule has 0 bridgehead atoms. The smallest absolute Gasteiger partial charge is 0.272 e. The van der Waals surface area contributed by atoms with Crippen LogP contribution in [0.5, 0.6) is 0 Å². The quantitative estimate of drug-likeness (QED) is 0.644. The molecule has 6 heteroatoms. The molecule has 0 aliphatic rings. The van der Waals surface area contributed by atoms with Crippen LogP contribution in [0.25, 0.3) is 0 Å². The van der Waals surface area contributed by atoms with Crippen LogP contribution in [0.3, 0.4) is 0 Å². The maximum atomic E-state index is 11.7. The van der Waals surface area contributed by atoms with Crippen LogP contribution in [0.1, 0.15) is 17.4 Å². The topological polar surface area (TPSA) is 97.1 Å². The lowest BCUT2D eigenvalue weighted by molar-refractivity contribution is -0.122. The van der Waals surface area contributed by atoms with Gasteiger partial charge in [-0.2, -0.15) is 0 Å². The Morgan fingerprint density at radius 3 is 2.75 bits per heavy atom. The van der Waals surface area contributed by atoms with Crippen LogP contribution in [0, 0.1) is 0 Å². The molecule has 6 nitrogen and oxygen atoms in total. The van der Waals surface area contributed by atoms with E-state index < -0.39 is 11.9 Å². The van der Waals surface area contributed by atoms with Crippen molar-refractivity contribution in [3.63, 3.8) is 0 Å². The Morgan fingerprint density at radius 1 is 1.50 bits per heavy atom. The minimum atomic E-state index is -0.626. The van der Waals surface area contributed by atoms with E-state index in [0.29, 0.717) is 0 Å². The Morgan fingerprint density at radius 2 is 2.19 bits per heavy atom. The third kappa shape index (κ3) is 2.69. The number of aromatic nitrogens is 1. The van der Waals surface area contributed by atoms with E-state index in [-0.39, 0.29) is 17.3 Å². The van der Waals surface area contributed by atoms with E-state index in [0.717, 1.165) is 0 Å². The first-order valence-electron chi connectivity index (χ1n) is 4.79. The number of pyridine rings is 1. The highest BCUT2D eigenvalue weighted by atomic mass is 16.2. The van der Waals surface area contributed by atoms with Crippen molar-refractivity contribution < 1.29 is 9.59 Å². The van der Waals surface area contributed by atoms with Crippen LogP contribution in [0.2, 0.25) is 0 Å². The molecule has 0 aliphatic heterocycles.